The molecule has 1 aromatic rings. The van der Waals surface area contributed by atoms with Gasteiger partial charge in [0.1, 0.15) is 0 Å². The van der Waals surface area contributed by atoms with Gasteiger partial charge in [-0.1, -0.05) is 35.9 Å². The van der Waals surface area contributed by atoms with E-state index in [1.807, 2.05) is 32.1 Å². The lowest BCUT2D eigenvalue weighted by atomic mass is 9.95. The number of allylic oxidation sites excluding steroid dienone is 1. The highest BCUT2D eigenvalue weighted by molar-refractivity contribution is 6.39. The predicted molar refractivity (Wildman–Crippen MR) is 116 cm³/mol. The first-order chi connectivity index (χ1) is 13.2. The summed E-state index contributed by atoms with van der Waals surface area (Å²) in [6, 6.07) is 10.4. The molecule has 0 unspecified atom stereocenters. The average Bonchev–Trinajstić information content (AvgIpc) is 3.16. The number of rotatable bonds is 1. The van der Waals surface area contributed by atoms with Crippen LogP contribution in [0.1, 0.15) is 54.9 Å². The van der Waals surface area contributed by atoms with Crippen LogP contribution in [0, 0.1) is 41.5 Å². The Morgan fingerprint density at radius 3 is 2.00 bits per heavy atom. The number of carbonyl (C=O) groups is 1. The highest BCUT2D eigenvalue weighted by atomic mass is 16.1. The second kappa shape index (κ2) is 6.27. The third kappa shape index (κ3) is 2.56. The molecule has 28 heavy (non-hydrogen) atoms. The number of fused-ring (bicyclic) bond motifs is 2. The first kappa shape index (κ1) is 18.4. The summed E-state index contributed by atoms with van der Waals surface area (Å²) in [5.41, 5.74) is 11.1. The summed E-state index contributed by atoms with van der Waals surface area (Å²) >= 11 is 0. The lowest BCUT2D eigenvalue weighted by molar-refractivity contribution is 0.105. The topological polar surface area (TPSA) is 34.1 Å². The fraction of sp³-hybridized carbons (Fsp3) is 0.231. The third-order valence-corrected chi connectivity index (χ3v) is 5.91. The predicted octanol–water partition coefficient (Wildman–Crippen LogP) is 5.74. The monoisotopic (exact) mass is 368 g/mol. The van der Waals surface area contributed by atoms with Crippen molar-refractivity contribution in [1.82, 2.24) is 0 Å². The van der Waals surface area contributed by atoms with Crippen molar-refractivity contribution in [1.29, 1.82) is 0 Å². The molecule has 0 amide bonds. The summed E-state index contributed by atoms with van der Waals surface area (Å²) in [5.74, 6) is -0.0453. The molecule has 0 bridgehead atoms. The minimum Gasteiger partial charge on any atom is -0.289 e. The molecular weight excluding hydrogens is 344 g/mol. The van der Waals surface area contributed by atoms with Gasteiger partial charge in [-0.3, -0.25) is 9.59 Å². The van der Waals surface area contributed by atoms with E-state index in [9.17, 15) is 9.59 Å². The van der Waals surface area contributed by atoms with E-state index in [0.717, 1.165) is 27.8 Å². The molecule has 0 aliphatic heterocycles. The molecule has 140 valence electrons. The van der Waals surface area contributed by atoms with Gasteiger partial charge in [-0.15, -0.1) is 0 Å². The maximum atomic E-state index is 13.4. The zero-order chi connectivity index (χ0) is 20.3. The maximum absolute atomic E-state index is 13.4. The number of ketones is 1. The summed E-state index contributed by atoms with van der Waals surface area (Å²) in [6.07, 6.45) is 1.97. The summed E-state index contributed by atoms with van der Waals surface area (Å²) in [4.78, 5) is 26.1. The van der Waals surface area contributed by atoms with Crippen LogP contribution in [0.3, 0.4) is 0 Å². The van der Waals surface area contributed by atoms with Crippen LogP contribution in [0.2, 0.25) is 0 Å². The first-order valence-corrected chi connectivity index (χ1v) is 9.63. The van der Waals surface area contributed by atoms with Crippen LogP contribution in [0.15, 0.2) is 35.1 Å². The Hall–Kier alpha value is -3.00. The van der Waals surface area contributed by atoms with Crippen molar-refractivity contribution in [3.63, 3.8) is 0 Å². The second-order valence-electron chi connectivity index (χ2n) is 8.07. The van der Waals surface area contributed by atoms with Gasteiger partial charge in [0.2, 0.25) is 0 Å². The second-order valence-corrected chi connectivity index (χ2v) is 8.07. The fourth-order valence-electron chi connectivity index (χ4n) is 4.63. The highest BCUT2D eigenvalue weighted by Gasteiger charge is 2.30. The van der Waals surface area contributed by atoms with E-state index in [0.29, 0.717) is 22.3 Å². The lowest BCUT2D eigenvalue weighted by Gasteiger charge is -2.07. The Balaban J connectivity index is 2.02. The molecule has 2 nitrogen and oxygen atoms in total. The molecule has 0 atom stereocenters. The smallest absolute Gasteiger partial charge is 0.194 e. The maximum Gasteiger partial charge on any atom is 0.194 e. The quantitative estimate of drug-likeness (QED) is 0.549. The van der Waals surface area contributed by atoms with E-state index in [1.165, 1.54) is 16.7 Å². The van der Waals surface area contributed by atoms with Crippen molar-refractivity contribution in [2.75, 3.05) is 0 Å². The van der Waals surface area contributed by atoms with Gasteiger partial charge in [-0.25, -0.2) is 0 Å². The number of hydrogen-bond acceptors (Lipinski definition) is 2. The van der Waals surface area contributed by atoms with Gasteiger partial charge in [0.05, 0.1) is 0 Å². The zero-order valence-electron chi connectivity index (χ0n) is 17.3. The average molecular weight is 368 g/mol. The van der Waals surface area contributed by atoms with E-state index in [2.05, 4.69) is 39.0 Å². The largest absolute Gasteiger partial charge is 0.289 e. The Morgan fingerprint density at radius 2 is 1.29 bits per heavy atom. The molecule has 0 saturated heterocycles. The zero-order valence-corrected chi connectivity index (χ0v) is 17.3. The number of Topliss-reactive ketones (excluding diaryl/α,β-unsaturated/α-hetero) is 1. The van der Waals surface area contributed by atoms with Crippen LogP contribution in [0.5, 0.6) is 0 Å². The van der Waals surface area contributed by atoms with Crippen molar-refractivity contribution >= 4 is 17.4 Å². The molecule has 0 radical (unpaired) electrons. The number of carbonyl (C=O) groups excluding carboxylic acids is 1. The van der Waals surface area contributed by atoms with Gasteiger partial charge in [0.15, 0.2) is 11.2 Å². The van der Waals surface area contributed by atoms with Crippen LogP contribution >= 0.6 is 0 Å². The van der Waals surface area contributed by atoms with Crippen LogP contribution in [0.25, 0.3) is 22.8 Å². The normalized spacial score (nSPS) is 13.1. The van der Waals surface area contributed by atoms with E-state index >= 15 is 0 Å². The number of hydrogen-bond donors (Lipinski definition) is 0. The molecule has 0 spiro atoms. The highest BCUT2D eigenvalue weighted by Crippen LogP contribution is 2.42. The summed E-state index contributed by atoms with van der Waals surface area (Å²) in [5, 5.41) is 0. The minimum absolute atomic E-state index is 0.0453. The Bertz CT molecular complexity index is 1240. The van der Waals surface area contributed by atoms with Crippen molar-refractivity contribution < 1.29 is 4.79 Å². The molecule has 3 aliphatic rings. The van der Waals surface area contributed by atoms with Gasteiger partial charge >= 0.3 is 0 Å². The fourth-order valence-corrected chi connectivity index (χ4v) is 4.63. The van der Waals surface area contributed by atoms with Gasteiger partial charge in [0.25, 0.3) is 0 Å². The standard InChI is InChI=1S/C26H24O2/c1-13-9-14(2)19-7-8-20(23(19)16(4)10-13)22-12-21-15(3)11-17(5)25(27)18(6)24(21)26(22)28/h7-12H,1-6H3. The van der Waals surface area contributed by atoms with E-state index < -0.39 is 0 Å². The Labute approximate surface area is 165 Å². The van der Waals surface area contributed by atoms with Crippen LogP contribution in [-0.4, -0.2) is 5.78 Å². The molecule has 3 aliphatic carbocycles. The van der Waals surface area contributed by atoms with Crippen molar-refractivity contribution in [3.8, 4) is 11.1 Å². The minimum atomic E-state index is -0.0474. The van der Waals surface area contributed by atoms with Gasteiger partial charge in [-0.05, 0) is 92.1 Å². The molecule has 0 saturated carbocycles. The third-order valence-electron chi connectivity index (χ3n) is 5.91. The van der Waals surface area contributed by atoms with E-state index in [1.54, 1.807) is 6.92 Å². The van der Waals surface area contributed by atoms with E-state index in [-0.39, 0.29) is 11.2 Å². The van der Waals surface area contributed by atoms with Gasteiger partial charge in [0, 0.05) is 16.7 Å². The molecule has 0 heterocycles. The summed E-state index contributed by atoms with van der Waals surface area (Å²) in [6.45, 7) is 11.9. The van der Waals surface area contributed by atoms with Gasteiger partial charge < -0.3 is 0 Å². The summed E-state index contributed by atoms with van der Waals surface area (Å²) in [7, 11) is 0. The SMILES string of the molecule is Cc1cc(C)c2ccc(C3=Cc4c(C)cc(C)c(=O)c(C)c4C3=O)c-2c(C)c1. The molecule has 0 aromatic heterocycles. The number of aryl methyl sites for hydroxylation is 5. The van der Waals surface area contributed by atoms with Crippen LogP contribution in [-0.2, 0) is 0 Å². The van der Waals surface area contributed by atoms with E-state index in [4.69, 9.17) is 0 Å². The Morgan fingerprint density at radius 1 is 0.643 bits per heavy atom. The van der Waals surface area contributed by atoms with Crippen molar-refractivity contribution in [2.45, 2.75) is 41.5 Å². The molecular formula is C26H24O2. The molecule has 0 fully saturated rings. The van der Waals surface area contributed by atoms with Crippen LogP contribution < -0.4 is 5.43 Å². The van der Waals surface area contributed by atoms with Crippen molar-refractivity contribution in [3.05, 3.63) is 90.6 Å². The Kier molecular flexibility index (Phi) is 4.11. The molecule has 1 aromatic carbocycles. The van der Waals surface area contributed by atoms with Gasteiger partial charge in [-0.2, -0.15) is 0 Å². The summed E-state index contributed by atoms with van der Waals surface area (Å²) < 4.78 is 0. The lowest BCUT2D eigenvalue weighted by Crippen LogP contribution is -2.10. The molecule has 0 N–H and O–H groups in total. The first-order valence-electron chi connectivity index (χ1n) is 9.63. The molecule has 2 heteroatoms. The van der Waals surface area contributed by atoms with Crippen LogP contribution in [0.4, 0.5) is 0 Å². The molecule has 4 rings (SSSR count). The van der Waals surface area contributed by atoms with Crippen molar-refractivity contribution in [2.24, 2.45) is 0 Å².